The third-order valence-electron chi connectivity index (χ3n) is 2.57. The van der Waals surface area contributed by atoms with E-state index >= 15 is 0 Å². The van der Waals surface area contributed by atoms with E-state index in [1.54, 1.807) is 24.3 Å². The largest absolute Gasteiger partial charge is 0.383 e. The monoisotopic (exact) mass is 305 g/mol. The molecule has 0 aliphatic heterocycles. The molecule has 6 heteroatoms. The number of carbonyl (C=O) groups is 1. The second-order valence-electron chi connectivity index (χ2n) is 3.97. The van der Waals surface area contributed by atoms with Crippen molar-refractivity contribution in [3.63, 3.8) is 0 Å². The molecule has 1 amide bonds. The Morgan fingerprint density at radius 2 is 2.20 bits per heavy atom. The number of benzene rings is 1. The second kappa shape index (κ2) is 6.94. The van der Waals surface area contributed by atoms with E-state index in [4.69, 9.17) is 16.9 Å². The summed E-state index contributed by atoms with van der Waals surface area (Å²) in [5.74, 6) is -0.0698. The minimum atomic E-state index is -0.0698. The highest BCUT2D eigenvalue weighted by molar-refractivity contribution is 7.12. The van der Waals surface area contributed by atoms with E-state index < -0.39 is 0 Å². The van der Waals surface area contributed by atoms with Gasteiger partial charge in [0.25, 0.3) is 5.91 Å². The van der Waals surface area contributed by atoms with E-state index in [0.717, 1.165) is 5.69 Å². The van der Waals surface area contributed by atoms with Crippen molar-refractivity contribution in [2.24, 2.45) is 0 Å². The standard InChI is InChI=1S/C14H12ClN3OS/c15-12-8-11(4-3-10(12)9-16)17-5-6-18-14(19)13-2-1-7-20-13/h1-4,7-8,17H,5-6H2,(H,18,19). The molecule has 2 N–H and O–H groups in total. The topological polar surface area (TPSA) is 64.9 Å². The highest BCUT2D eigenvalue weighted by Crippen LogP contribution is 2.19. The Morgan fingerprint density at radius 3 is 2.85 bits per heavy atom. The molecule has 0 spiro atoms. The summed E-state index contributed by atoms with van der Waals surface area (Å²) in [5.41, 5.74) is 1.27. The van der Waals surface area contributed by atoms with Crippen LogP contribution in [0.5, 0.6) is 0 Å². The normalized spacial score (nSPS) is 9.80. The Balaban J connectivity index is 1.78. The predicted molar refractivity (Wildman–Crippen MR) is 81.3 cm³/mol. The van der Waals surface area contributed by atoms with Gasteiger partial charge in [-0.2, -0.15) is 5.26 Å². The molecule has 0 saturated carbocycles. The van der Waals surface area contributed by atoms with Crippen molar-refractivity contribution >= 4 is 34.5 Å². The summed E-state index contributed by atoms with van der Waals surface area (Å²) in [6, 6.07) is 10.8. The maximum atomic E-state index is 11.7. The van der Waals surface area contributed by atoms with Crippen LogP contribution < -0.4 is 10.6 Å². The fourth-order valence-electron chi connectivity index (χ4n) is 1.59. The van der Waals surface area contributed by atoms with Gasteiger partial charge in [-0.3, -0.25) is 4.79 Å². The van der Waals surface area contributed by atoms with Crippen LogP contribution in [-0.4, -0.2) is 19.0 Å². The first-order valence-corrected chi connectivity index (χ1v) is 7.21. The van der Waals surface area contributed by atoms with Crippen LogP contribution in [0.2, 0.25) is 5.02 Å². The zero-order valence-corrected chi connectivity index (χ0v) is 12.1. The minimum absolute atomic E-state index is 0.0698. The van der Waals surface area contributed by atoms with E-state index in [2.05, 4.69) is 10.6 Å². The third kappa shape index (κ3) is 3.73. The highest BCUT2D eigenvalue weighted by Gasteiger charge is 2.05. The summed E-state index contributed by atoms with van der Waals surface area (Å²) in [4.78, 5) is 12.4. The van der Waals surface area contributed by atoms with Gasteiger partial charge in [0.2, 0.25) is 0 Å². The SMILES string of the molecule is N#Cc1ccc(NCCNC(=O)c2cccs2)cc1Cl. The highest BCUT2D eigenvalue weighted by atomic mass is 35.5. The molecule has 20 heavy (non-hydrogen) atoms. The van der Waals surface area contributed by atoms with Crippen molar-refractivity contribution in [3.05, 3.63) is 51.2 Å². The second-order valence-corrected chi connectivity index (χ2v) is 5.32. The molecule has 1 aromatic carbocycles. The molecular formula is C14H12ClN3OS. The average Bonchev–Trinajstić information content (AvgIpc) is 2.98. The minimum Gasteiger partial charge on any atom is -0.383 e. The summed E-state index contributed by atoms with van der Waals surface area (Å²) in [6.45, 7) is 1.09. The number of nitriles is 1. The lowest BCUT2D eigenvalue weighted by Gasteiger charge is -2.08. The molecule has 2 rings (SSSR count). The zero-order chi connectivity index (χ0) is 14.4. The number of carbonyl (C=O) groups excluding carboxylic acids is 1. The van der Waals surface area contributed by atoms with Crippen LogP contribution in [0.25, 0.3) is 0 Å². The molecule has 4 nitrogen and oxygen atoms in total. The quantitative estimate of drug-likeness (QED) is 0.834. The number of nitrogens with zero attached hydrogens (tertiary/aromatic N) is 1. The van der Waals surface area contributed by atoms with E-state index in [0.29, 0.717) is 28.6 Å². The molecule has 0 radical (unpaired) electrons. The Hall–Kier alpha value is -2.03. The summed E-state index contributed by atoms with van der Waals surface area (Å²) in [5, 5.41) is 17.0. The smallest absolute Gasteiger partial charge is 0.261 e. The lowest BCUT2D eigenvalue weighted by atomic mass is 10.2. The average molecular weight is 306 g/mol. The zero-order valence-electron chi connectivity index (χ0n) is 10.5. The molecule has 0 unspecified atom stereocenters. The Bertz CT molecular complexity index is 634. The van der Waals surface area contributed by atoms with Gasteiger partial charge in [-0.05, 0) is 29.6 Å². The van der Waals surface area contributed by atoms with Crippen LogP contribution in [0.4, 0.5) is 5.69 Å². The van der Waals surface area contributed by atoms with Crippen LogP contribution in [0.1, 0.15) is 15.2 Å². The van der Waals surface area contributed by atoms with Crippen molar-refractivity contribution in [1.29, 1.82) is 5.26 Å². The van der Waals surface area contributed by atoms with E-state index in [-0.39, 0.29) is 5.91 Å². The van der Waals surface area contributed by atoms with Gasteiger partial charge in [-0.15, -0.1) is 11.3 Å². The number of amides is 1. The molecule has 102 valence electrons. The van der Waals surface area contributed by atoms with E-state index in [1.165, 1.54) is 11.3 Å². The third-order valence-corrected chi connectivity index (χ3v) is 3.76. The van der Waals surface area contributed by atoms with Crippen molar-refractivity contribution in [2.75, 3.05) is 18.4 Å². The van der Waals surface area contributed by atoms with Crippen molar-refractivity contribution in [2.45, 2.75) is 0 Å². The maximum absolute atomic E-state index is 11.7. The van der Waals surface area contributed by atoms with Crippen molar-refractivity contribution in [1.82, 2.24) is 5.32 Å². The van der Waals surface area contributed by atoms with Crippen LogP contribution in [-0.2, 0) is 0 Å². The van der Waals surface area contributed by atoms with Crippen LogP contribution in [0.3, 0.4) is 0 Å². The van der Waals surface area contributed by atoms with Gasteiger partial charge in [-0.25, -0.2) is 0 Å². The summed E-state index contributed by atoms with van der Waals surface area (Å²) in [6.07, 6.45) is 0. The van der Waals surface area contributed by atoms with Crippen molar-refractivity contribution in [3.8, 4) is 6.07 Å². The molecule has 0 atom stereocenters. The van der Waals surface area contributed by atoms with Crippen molar-refractivity contribution < 1.29 is 4.79 Å². The van der Waals surface area contributed by atoms with E-state index in [1.807, 2.05) is 17.5 Å². The van der Waals surface area contributed by atoms with E-state index in [9.17, 15) is 4.79 Å². The molecule has 0 bridgehead atoms. The molecule has 1 heterocycles. The Kier molecular flexibility index (Phi) is 4.99. The Labute approximate surface area is 126 Å². The number of hydrogen-bond acceptors (Lipinski definition) is 4. The van der Waals surface area contributed by atoms with Crippen LogP contribution in [0.15, 0.2) is 35.7 Å². The first kappa shape index (κ1) is 14.4. The molecule has 0 fully saturated rings. The molecule has 1 aromatic heterocycles. The number of rotatable bonds is 5. The lowest BCUT2D eigenvalue weighted by molar-refractivity contribution is 0.0959. The molecular weight excluding hydrogens is 294 g/mol. The summed E-state index contributed by atoms with van der Waals surface area (Å²) in [7, 11) is 0. The Morgan fingerprint density at radius 1 is 1.35 bits per heavy atom. The van der Waals surface area contributed by atoms with Gasteiger partial charge in [0.1, 0.15) is 6.07 Å². The summed E-state index contributed by atoms with van der Waals surface area (Å²) >= 11 is 7.34. The summed E-state index contributed by atoms with van der Waals surface area (Å²) < 4.78 is 0. The number of halogens is 1. The first-order chi connectivity index (χ1) is 9.70. The molecule has 0 aliphatic rings. The van der Waals surface area contributed by atoms with Crippen LogP contribution >= 0.6 is 22.9 Å². The van der Waals surface area contributed by atoms with Gasteiger partial charge in [0.15, 0.2) is 0 Å². The van der Waals surface area contributed by atoms with Gasteiger partial charge in [0.05, 0.1) is 15.5 Å². The number of hydrogen-bond donors (Lipinski definition) is 2. The van der Waals surface area contributed by atoms with Gasteiger partial charge in [-0.1, -0.05) is 17.7 Å². The number of nitrogens with one attached hydrogen (secondary N) is 2. The first-order valence-electron chi connectivity index (χ1n) is 5.96. The molecule has 2 aromatic rings. The van der Waals surface area contributed by atoms with Gasteiger partial charge >= 0.3 is 0 Å². The fourth-order valence-corrected chi connectivity index (χ4v) is 2.46. The predicted octanol–water partition coefficient (Wildman–Crippen LogP) is 3.12. The van der Waals surface area contributed by atoms with Gasteiger partial charge in [0, 0.05) is 18.8 Å². The number of thiophene rings is 1. The maximum Gasteiger partial charge on any atom is 0.261 e. The number of anilines is 1. The lowest BCUT2D eigenvalue weighted by Crippen LogP contribution is -2.28. The fraction of sp³-hybridized carbons (Fsp3) is 0.143. The molecule has 0 aliphatic carbocycles. The molecule has 0 saturated heterocycles. The van der Waals surface area contributed by atoms with Crippen LogP contribution in [0, 0.1) is 11.3 Å². The van der Waals surface area contributed by atoms with Gasteiger partial charge < -0.3 is 10.6 Å².